The molecular formula is C11H12Cl2N2. The van der Waals surface area contributed by atoms with Crippen LogP contribution in [0.1, 0.15) is 18.9 Å². The molecule has 0 radical (unpaired) electrons. The van der Waals surface area contributed by atoms with Gasteiger partial charge in [0, 0.05) is 28.2 Å². The zero-order valence-electron chi connectivity index (χ0n) is 8.37. The lowest BCUT2D eigenvalue weighted by atomic mass is 10.2. The van der Waals surface area contributed by atoms with Crippen LogP contribution in [0.15, 0.2) is 29.4 Å². The molecule has 0 amide bonds. The topological polar surface area (TPSA) is 38.4 Å². The molecule has 0 heterocycles. The quantitative estimate of drug-likeness (QED) is 0.637. The predicted molar refractivity (Wildman–Crippen MR) is 67.4 cm³/mol. The minimum Gasteiger partial charge on any atom is -0.387 e. The van der Waals surface area contributed by atoms with E-state index in [2.05, 4.69) is 4.99 Å². The van der Waals surface area contributed by atoms with E-state index in [1.807, 2.05) is 6.92 Å². The summed E-state index contributed by atoms with van der Waals surface area (Å²) in [6, 6.07) is 5.35. The average molecular weight is 243 g/mol. The first kappa shape index (κ1) is 12.1. The zero-order valence-corrected chi connectivity index (χ0v) is 9.89. The molecule has 0 atom stereocenters. The van der Waals surface area contributed by atoms with Crippen molar-refractivity contribution in [2.75, 3.05) is 0 Å². The number of nitrogens with two attached hydrogens (primary N) is 1. The first-order valence-electron chi connectivity index (χ1n) is 4.58. The molecule has 0 saturated carbocycles. The molecule has 80 valence electrons. The highest BCUT2D eigenvalue weighted by atomic mass is 35.5. The Morgan fingerprint density at radius 2 is 2.00 bits per heavy atom. The van der Waals surface area contributed by atoms with E-state index in [-0.39, 0.29) is 0 Å². The molecule has 0 spiro atoms. The molecule has 2 N–H and O–H groups in total. The summed E-state index contributed by atoms with van der Waals surface area (Å²) in [5.41, 5.74) is 6.30. The van der Waals surface area contributed by atoms with Gasteiger partial charge in [-0.05, 0) is 18.2 Å². The molecule has 0 saturated heterocycles. The van der Waals surface area contributed by atoms with Crippen LogP contribution in [0.25, 0.3) is 6.08 Å². The highest BCUT2D eigenvalue weighted by Gasteiger charge is 2.00. The highest BCUT2D eigenvalue weighted by molar-refractivity contribution is 6.37. The Hall–Kier alpha value is -0.990. The molecule has 1 aromatic rings. The van der Waals surface area contributed by atoms with Crippen LogP contribution in [0.2, 0.25) is 10.0 Å². The minimum atomic E-state index is 0.578. The van der Waals surface area contributed by atoms with Gasteiger partial charge in [-0.3, -0.25) is 0 Å². The van der Waals surface area contributed by atoms with Crippen molar-refractivity contribution in [1.29, 1.82) is 0 Å². The second-order valence-electron chi connectivity index (χ2n) is 2.93. The number of hydrogen-bond donors (Lipinski definition) is 1. The van der Waals surface area contributed by atoms with Crippen molar-refractivity contribution < 1.29 is 0 Å². The third-order valence-corrected chi connectivity index (χ3v) is 2.50. The number of rotatable bonds is 3. The molecule has 0 aliphatic heterocycles. The Balaban J connectivity index is 2.90. The molecule has 15 heavy (non-hydrogen) atoms. The van der Waals surface area contributed by atoms with Gasteiger partial charge in [-0.1, -0.05) is 36.2 Å². The molecule has 2 nitrogen and oxygen atoms in total. The second kappa shape index (κ2) is 5.79. The van der Waals surface area contributed by atoms with Crippen LogP contribution in [0, 0.1) is 0 Å². The third kappa shape index (κ3) is 3.57. The van der Waals surface area contributed by atoms with E-state index in [0.29, 0.717) is 15.9 Å². The van der Waals surface area contributed by atoms with E-state index in [9.17, 15) is 0 Å². The van der Waals surface area contributed by atoms with E-state index in [0.717, 1.165) is 12.0 Å². The fourth-order valence-corrected chi connectivity index (χ4v) is 1.49. The summed E-state index contributed by atoms with van der Waals surface area (Å²) >= 11 is 11.9. The first-order chi connectivity index (χ1) is 7.15. The normalized spacial score (nSPS) is 12.3. The molecule has 0 bridgehead atoms. The van der Waals surface area contributed by atoms with Gasteiger partial charge >= 0.3 is 0 Å². The number of benzene rings is 1. The van der Waals surface area contributed by atoms with Crippen molar-refractivity contribution in [1.82, 2.24) is 0 Å². The molecule has 0 fully saturated rings. The summed E-state index contributed by atoms with van der Waals surface area (Å²) in [7, 11) is 0. The second-order valence-corrected chi connectivity index (χ2v) is 3.74. The lowest BCUT2D eigenvalue weighted by molar-refractivity contribution is 1.24. The lowest BCUT2D eigenvalue weighted by Crippen LogP contribution is -2.08. The van der Waals surface area contributed by atoms with Crippen molar-refractivity contribution in [3.8, 4) is 0 Å². The average Bonchev–Trinajstić information content (AvgIpc) is 2.22. The van der Waals surface area contributed by atoms with E-state index in [1.54, 1.807) is 30.5 Å². The van der Waals surface area contributed by atoms with Crippen LogP contribution in [0.3, 0.4) is 0 Å². The van der Waals surface area contributed by atoms with Gasteiger partial charge in [0.2, 0.25) is 0 Å². The van der Waals surface area contributed by atoms with Gasteiger partial charge in [0.15, 0.2) is 0 Å². The summed E-state index contributed by atoms with van der Waals surface area (Å²) in [6.45, 7) is 1.94. The summed E-state index contributed by atoms with van der Waals surface area (Å²) in [5, 5.41) is 1.20. The smallest absolute Gasteiger partial charge is 0.0986 e. The van der Waals surface area contributed by atoms with Gasteiger partial charge in [-0.25, -0.2) is 4.99 Å². The zero-order chi connectivity index (χ0) is 11.3. The van der Waals surface area contributed by atoms with Crippen LogP contribution >= 0.6 is 23.2 Å². The van der Waals surface area contributed by atoms with Crippen molar-refractivity contribution in [3.05, 3.63) is 40.0 Å². The summed E-state index contributed by atoms with van der Waals surface area (Å²) in [6.07, 6.45) is 4.07. The van der Waals surface area contributed by atoms with Crippen LogP contribution in [-0.4, -0.2) is 5.84 Å². The maximum atomic E-state index is 5.96. The summed E-state index contributed by atoms with van der Waals surface area (Å²) in [4.78, 5) is 4.02. The Labute approximate surface area is 99.4 Å². The van der Waals surface area contributed by atoms with Crippen LogP contribution in [-0.2, 0) is 0 Å². The van der Waals surface area contributed by atoms with Crippen LogP contribution in [0.4, 0.5) is 0 Å². The maximum absolute atomic E-state index is 5.96. The number of amidine groups is 1. The van der Waals surface area contributed by atoms with E-state index < -0.39 is 0 Å². The number of aliphatic imine (C=N–C) groups is 1. The summed E-state index contributed by atoms with van der Waals surface area (Å²) in [5.74, 6) is 0.578. The molecule has 1 aromatic carbocycles. The van der Waals surface area contributed by atoms with E-state index >= 15 is 0 Å². The Kier molecular flexibility index (Phi) is 4.66. The van der Waals surface area contributed by atoms with Crippen molar-refractivity contribution >= 4 is 35.1 Å². The lowest BCUT2D eigenvalue weighted by Gasteiger charge is -1.99. The SMILES string of the molecule is CCC(N)=NC=Cc1c(Cl)cccc1Cl. The van der Waals surface area contributed by atoms with Gasteiger partial charge in [0.05, 0.1) is 5.84 Å². The van der Waals surface area contributed by atoms with Crippen LogP contribution < -0.4 is 5.73 Å². The molecule has 0 unspecified atom stereocenters. The number of nitrogens with zero attached hydrogens (tertiary/aromatic N) is 1. The minimum absolute atomic E-state index is 0.578. The number of hydrogen-bond acceptors (Lipinski definition) is 1. The summed E-state index contributed by atoms with van der Waals surface area (Å²) < 4.78 is 0. The standard InChI is InChI=1S/C11H12Cl2N2/c1-2-11(14)15-7-6-8-9(12)4-3-5-10(8)13/h3-7H,2H2,1H3,(H2,14,15). The molecule has 0 aromatic heterocycles. The fraction of sp³-hybridized carbons (Fsp3) is 0.182. The Morgan fingerprint density at radius 3 is 2.53 bits per heavy atom. The molecule has 0 aliphatic carbocycles. The highest BCUT2D eigenvalue weighted by Crippen LogP contribution is 2.25. The van der Waals surface area contributed by atoms with Crippen molar-refractivity contribution in [2.45, 2.75) is 13.3 Å². The van der Waals surface area contributed by atoms with E-state index in [1.165, 1.54) is 0 Å². The number of halogens is 2. The Morgan fingerprint density at radius 1 is 1.40 bits per heavy atom. The van der Waals surface area contributed by atoms with Gasteiger partial charge in [-0.2, -0.15) is 0 Å². The molecule has 1 rings (SSSR count). The van der Waals surface area contributed by atoms with Crippen molar-refractivity contribution in [3.63, 3.8) is 0 Å². The van der Waals surface area contributed by atoms with Gasteiger partial charge < -0.3 is 5.73 Å². The predicted octanol–water partition coefficient (Wildman–Crippen LogP) is 3.73. The van der Waals surface area contributed by atoms with Crippen LogP contribution in [0.5, 0.6) is 0 Å². The van der Waals surface area contributed by atoms with E-state index in [4.69, 9.17) is 28.9 Å². The van der Waals surface area contributed by atoms with Gasteiger partial charge in [-0.15, -0.1) is 0 Å². The van der Waals surface area contributed by atoms with Gasteiger partial charge in [0.1, 0.15) is 0 Å². The first-order valence-corrected chi connectivity index (χ1v) is 5.33. The molecule has 4 heteroatoms. The third-order valence-electron chi connectivity index (χ3n) is 1.84. The molecular weight excluding hydrogens is 231 g/mol. The van der Waals surface area contributed by atoms with Crippen molar-refractivity contribution in [2.24, 2.45) is 10.7 Å². The van der Waals surface area contributed by atoms with Gasteiger partial charge in [0.25, 0.3) is 0 Å². The molecule has 0 aliphatic rings. The largest absolute Gasteiger partial charge is 0.387 e. The maximum Gasteiger partial charge on any atom is 0.0986 e. The fourth-order valence-electron chi connectivity index (χ4n) is 0.969. The monoisotopic (exact) mass is 242 g/mol. The Bertz CT molecular complexity index is 377.